The van der Waals surface area contributed by atoms with Crippen molar-refractivity contribution in [3.05, 3.63) is 95.0 Å². The largest absolute Gasteiger partial charge is 0.352 e. The monoisotopic (exact) mass is 555 g/mol. The maximum Gasteiger partial charge on any atom is 0.264 e. The zero-order valence-corrected chi connectivity index (χ0v) is 23.7. The van der Waals surface area contributed by atoms with Crippen molar-refractivity contribution in [3.63, 3.8) is 0 Å². The van der Waals surface area contributed by atoms with Gasteiger partial charge in [0.25, 0.3) is 10.0 Å². The Morgan fingerprint density at radius 1 is 0.921 bits per heavy atom. The van der Waals surface area contributed by atoms with E-state index in [1.165, 1.54) is 17.0 Å². The van der Waals surface area contributed by atoms with Gasteiger partial charge >= 0.3 is 0 Å². The molecule has 3 aromatic rings. The van der Waals surface area contributed by atoms with Crippen LogP contribution in [0.4, 0.5) is 5.69 Å². The van der Waals surface area contributed by atoms with Gasteiger partial charge in [-0.3, -0.25) is 13.9 Å². The van der Waals surface area contributed by atoms with Crippen LogP contribution in [0.3, 0.4) is 0 Å². The van der Waals surface area contributed by atoms with Gasteiger partial charge in [-0.05, 0) is 68.7 Å². The quantitative estimate of drug-likeness (QED) is 0.353. The van der Waals surface area contributed by atoms with Gasteiger partial charge in [0.1, 0.15) is 12.6 Å². The molecule has 3 aromatic carbocycles. The number of para-hydroxylation sites is 1. The van der Waals surface area contributed by atoms with E-state index in [2.05, 4.69) is 5.32 Å². The van der Waals surface area contributed by atoms with Crippen molar-refractivity contribution >= 4 is 39.1 Å². The Hall–Kier alpha value is -3.36. The number of benzene rings is 3. The highest BCUT2D eigenvalue weighted by Gasteiger charge is 2.34. The second-order valence-corrected chi connectivity index (χ2v) is 11.6. The second kappa shape index (κ2) is 12.9. The molecule has 2 amide bonds. The Labute approximate surface area is 230 Å². The number of carbonyl (C=O) groups excluding carboxylic acids is 2. The van der Waals surface area contributed by atoms with Crippen LogP contribution < -0.4 is 9.62 Å². The molecule has 0 radical (unpaired) electrons. The molecule has 0 bridgehead atoms. The fourth-order valence-electron chi connectivity index (χ4n) is 4.16. The highest BCUT2D eigenvalue weighted by atomic mass is 35.5. The molecule has 0 aromatic heterocycles. The fraction of sp³-hybridized carbons (Fsp3) is 0.310. The van der Waals surface area contributed by atoms with Crippen LogP contribution in [-0.2, 0) is 26.2 Å². The standard InChI is InChI=1S/C29H34ClN3O4S/c1-5-26(29(35)31-21(2)3)32(19-23-15-17-24(30)18-16-23)28(34)20-33(27-14-10-9-11-22(27)4)38(36,37)25-12-7-6-8-13-25/h6-18,21,26H,5,19-20H2,1-4H3,(H,31,35)/t26-/m0/s1. The van der Waals surface area contributed by atoms with Gasteiger partial charge in [0.05, 0.1) is 10.6 Å². The van der Waals surface area contributed by atoms with Crippen LogP contribution in [0, 0.1) is 6.92 Å². The fourth-order valence-corrected chi connectivity index (χ4v) is 5.79. The number of nitrogens with one attached hydrogen (secondary N) is 1. The topological polar surface area (TPSA) is 86.8 Å². The molecule has 0 aliphatic heterocycles. The Bertz CT molecular complexity index is 1350. The summed E-state index contributed by atoms with van der Waals surface area (Å²) in [5, 5.41) is 3.44. The molecule has 0 heterocycles. The molecule has 3 rings (SSSR count). The van der Waals surface area contributed by atoms with Crippen molar-refractivity contribution in [2.24, 2.45) is 0 Å². The van der Waals surface area contributed by atoms with Gasteiger partial charge in [0.2, 0.25) is 11.8 Å². The first-order valence-corrected chi connectivity index (χ1v) is 14.3. The summed E-state index contributed by atoms with van der Waals surface area (Å²) < 4.78 is 28.8. The van der Waals surface area contributed by atoms with Crippen LogP contribution in [0.25, 0.3) is 0 Å². The van der Waals surface area contributed by atoms with Crippen molar-refractivity contribution in [2.75, 3.05) is 10.8 Å². The van der Waals surface area contributed by atoms with Crippen molar-refractivity contribution in [3.8, 4) is 0 Å². The molecule has 7 nitrogen and oxygen atoms in total. The van der Waals surface area contributed by atoms with Gasteiger partial charge in [-0.2, -0.15) is 0 Å². The normalized spacial score (nSPS) is 12.2. The molecular weight excluding hydrogens is 522 g/mol. The lowest BCUT2D eigenvalue weighted by atomic mass is 10.1. The first-order valence-electron chi connectivity index (χ1n) is 12.5. The minimum atomic E-state index is -4.09. The summed E-state index contributed by atoms with van der Waals surface area (Å²) in [5.74, 6) is -0.786. The molecule has 38 heavy (non-hydrogen) atoms. The zero-order valence-electron chi connectivity index (χ0n) is 22.1. The Morgan fingerprint density at radius 3 is 2.11 bits per heavy atom. The van der Waals surface area contributed by atoms with E-state index in [-0.39, 0.29) is 23.4 Å². The highest BCUT2D eigenvalue weighted by molar-refractivity contribution is 7.92. The molecule has 9 heteroatoms. The van der Waals surface area contributed by atoms with Crippen molar-refractivity contribution in [1.29, 1.82) is 0 Å². The number of anilines is 1. The molecule has 202 valence electrons. The Kier molecular flexibility index (Phi) is 9.94. The van der Waals surface area contributed by atoms with Crippen LogP contribution in [-0.4, -0.2) is 43.8 Å². The molecule has 0 fully saturated rings. The molecule has 0 aliphatic rings. The number of amides is 2. The molecule has 1 N–H and O–H groups in total. The van der Waals surface area contributed by atoms with E-state index in [4.69, 9.17) is 11.6 Å². The summed E-state index contributed by atoms with van der Waals surface area (Å²) in [7, 11) is -4.09. The Balaban J connectivity index is 2.06. The van der Waals surface area contributed by atoms with Gasteiger partial charge < -0.3 is 10.2 Å². The van der Waals surface area contributed by atoms with E-state index < -0.39 is 28.5 Å². The lowest BCUT2D eigenvalue weighted by Gasteiger charge is -2.34. The summed E-state index contributed by atoms with van der Waals surface area (Å²) in [4.78, 5) is 28.7. The predicted octanol–water partition coefficient (Wildman–Crippen LogP) is 5.18. The van der Waals surface area contributed by atoms with Crippen LogP contribution >= 0.6 is 11.6 Å². The molecule has 0 saturated carbocycles. The summed E-state index contributed by atoms with van der Waals surface area (Å²) in [5.41, 5.74) is 1.87. The number of rotatable bonds is 11. The van der Waals surface area contributed by atoms with Crippen molar-refractivity contribution in [2.45, 2.75) is 57.6 Å². The molecule has 1 atom stereocenters. The number of nitrogens with zero attached hydrogens (tertiary/aromatic N) is 2. The van der Waals surface area contributed by atoms with Gasteiger partial charge in [-0.1, -0.05) is 67.1 Å². The van der Waals surface area contributed by atoms with Gasteiger partial charge in [-0.15, -0.1) is 0 Å². The van der Waals surface area contributed by atoms with Crippen LogP contribution in [0.5, 0.6) is 0 Å². The maximum atomic E-state index is 14.0. The number of halogens is 1. The number of aryl methyl sites for hydroxylation is 1. The summed E-state index contributed by atoms with van der Waals surface area (Å²) in [6.45, 7) is 6.97. The molecule has 0 saturated heterocycles. The minimum Gasteiger partial charge on any atom is -0.352 e. The number of sulfonamides is 1. The maximum absolute atomic E-state index is 14.0. The smallest absolute Gasteiger partial charge is 0.264 e. The van der Waals surface area contributed by atoms with E-state index in [0.717, 1.165) is 9.87 Å². The van der Waals surface area contributed by atoms with E-state index in [0.29, 0.717) is 22.7 Å². The van der Waals surface area contributed by atoms with E-state index in [1.54, 1.807) is 67.6 Å². The number of hydrogen-bond donors (Lipinski definition) is 1. The van der Waals surface area contributed by atoms with E-state index >= 15 is 0 Å². The summed E-state index contributed by atoms with van der Waals surface area (Å²) >= 11 is 6.05. The lowest BCUT2D eigenvalue weighted by molar-refractivity contribution is -0.140. The first-order chi connectivity index (χ1) is 18.0. The minimum absolute atomic E-state index is 0.0740. The van der Waals surface area contributed by atoms with Crippen molar-refractivity contribution in [1.82, 2.24) is 10.2 Å². The van der Waals surface area contributed by atoms with Gasteiger partial charge in [0, 0.05) is 17.6 Å². The molecule has 0 unspecified atom stereocenters. The van der Waals surface area contributed by atoms with Crippen molar-refractivity contribution < 1.29 is 18.0 Å². The van der Waals surface area contributed by atoms with E-state index in [9.17, 15) is 18.0 Å². The zero-order chi connectivity index (χ0) is 27.9. The third-order valence-electron chi connectivity index (χ3n) is 6.08. The average molecular weight is 556 g/mol. The SMILES string of the molecule is CC[C@@H](C(=O)NC(C)C)N(Cc1ccc(Cl)cc1)C(=O)CN(c1ccccc1C)S(=O)(=O)c1ccccc1. The number of carbonyl (C=O) groups is 2. The van der Waals surface area contributed by atoms with E-state index in [1.807, 2.05) is 26.8 Å². The first kappa shape index (κ1) is 29.2. The predicted molar refractivity (Wildman–Crippen MR) is 152 cm³/mol. The molecular formula is C29H34ClN3O4S. The molecule has 0 aliphatic carbocycles. The number of hydrogen-bond acceptors (Lipinski definition) is 4. The second-order valence-electron chi connectivity index (χ2n) is 9.35. The van der Waals surface area contributed by atoms with Gasteiger partial charge in [0.15, 0.2) is 0 Å². The van der Waals surface area contributed by atoms with Crippen LogP contribution in [0.1, 0.15) is 38.3 Å². The third kappa shape index (κ3) is 7.14. The molecule has 0 spiro atoms. The average Bonchev–Trinajstić information content (AvgIpc) is 2.88. The Morgan fingerprint density at radius 2 is 1.53 bits per heavy atom. The highest BCUT2D eigenvalue weighted by Crippen LogP contribution is 2.27. The van der Waals surface area contributed by atoms with Crippen LogP contribution in [0.15, 0.2) is 83.8 Å². The third-order valence-corrected chi connectivity index (χ3v) is 8.10. The summed E-state index contributed by atoms with van der Waals surface area (Å²) in [6.07, 6.45) is 0.355. The van der Waals surface area contributed by atoms with Gasteiger partial charge in [-0.25, -0.2) is 8.42 Å². The van der Waals surface area contributed by atoms with Crippen LogP contribution in [0.2, 0.25) is 5.02 Å². The lowest BCUT2D eigenvalue weighted by Crippen LogP contribution is -2.53. The summed E-state index contributed by atoms with van der Waals surface area (Å²) in [6, 6.07) is 21.1.